The fourth-order valence-corrected chi connectivity index (χ4v) is 2.87. The van der Waals surface area contributed by atoms with Gasteiger partial charge in [0.2, 0.25) is 0 Å². The van der Waals surface area contributed by atoms with E-state index in [1.807, 2.05) is 0 Å². The molecule has 2 aliphatic heterocycles. The number of rotatable bonds is 2. The van der Waals surface area contributed by atoms with Crippen molar-refractivity contribution < 1.29 is 9.31 Å². The minimum atomic E-state index is -0.404. The molecule has 2 N–H and O–H groups in total. The number of hydrogen-bond donors (Lipinski definition) is 1. The Kier molecular flexibility index (Phi) is 4.03. The monoisotopic (exact) mass is 315 g/mol. The number of nitrogens with zero attached hydrogens (tertiary/aromatic N) is 2. The number of nitrogens with two attached hydrogens (primary N) is 1. The van der Waals surface area contributed by atoms with Crippen LogP contribution in [0, 0.1) is 0 Å². The van der Waals surface area contributed by atoms with E-state index in [1.165, 1.54) is 5.57 Å². The fraction of sp³-hybridized carbons (Fsp3) is 0.588. The van der Waals surface area contributed by atoms with Crippen LogP contribution in [0.5, 0.6) is 0 Å². The van der Waals surface area contributed by atoms with E-state index in [1.54, 1.807) is 6.20 Å². The largest absolute Gasteiger partial charge is 0.496 e. The zero-order valence-electron chi connectivity index (χ0n) is 14.7. The molecule has 0 bridgehead atoms. The van der Waals surface area contributed by atoms with E-state index in [0.29, 0.717) is 5.82 Å². The lowest BCUT2D eigenvalue weighted by molar-refractivity contribution is 0.00578. The first-order chi connectivity index (χ1) is 10.7. The second kappa shape index (κ2) is 5.62. The molecule has 0 unspecified atom stereocenters. The summed E-state index contributed by atoms with van der Waals surface area (Å²) in [5.41, 5.74) is 8.59. The first-order valence-corrected chi connectivity index (χ1v) is 8.18. The van der Waals surface area contributed by atoms with Crippen molar-refractivity contribution in [2.45, 2.75) is 45.3 Å². The van der Waals surface area contributed by atoms with Crippen LogP contribution in [0.2, 0.25) is 0 Å². The number of anilines is 1. The van der Waals surface area contributed by atoms with Gasteiger partial charge in [0.05, 0.1) is 11.2 Å². The zero-order valence-corrected chi connectivity index (χ0v) is 14.7. The predicted octanol–water partition coefficient (Wildman–Crippen LogP) is 1.68. The van der Waals surface area contributed by atoms with Gasteiger partial charge in [0, 0.05) is 30.3 Å². The molecule has 3 rings (SSSR count). The summed E-state index contributed by atoms with van der Waals surface area (Å²) >= 11 is 0. The van der Waals surface area contributed by atoms with Crippen LogP contribution in [0.25, 0.3) is 5.57 Å². The summed E-state index contributed by atoms with van der Waals surface area (Å²) in [4.78, 5) is 6.66. The summed E-state index contributed by atoms with van der Waals surface area (Å²) in [7, 11) is 1.72. The molecule has 0 aliphatic carbocycles. The first kappa shape index (κ1) is 16.5. The molecule has 23 heavy (non-hydrogen) atoms. The highest BCUT2D eigenvalue weighted by Crippen LogP contribution is 2.36. The van der Waals surface area contributed by atoms with Gasteiger partial charge in [0.1, 0.15) is 5.82 Å². The summed E-state index contributed by atoms with van der Waals surface area (Å²) in [6, 6.07) is 2.07. The topological polar surface area (TPSA) is 60.6 Å². The highest BCUT2D eigenvalue weighted by Gasteiger charge is 2.51. The minimum Gasteiger partial charge on any atom is -0.399 e. The number of pyridine rings is 1. The quantitative estimate of drug-likeness (QED) is 0.842. The highest BCUT2D eigenvalue weighted by atomic mass is 16.7. The molecular formula is C17H26BN3O2. The van der Waals surface area contributed by atoms with E-state index in [4.69, 9.17) is 15.0 Å². The third-order valence-electron chi connectivity index (χ3n) is 5.22. The standard InChI is InChI=1S/C17H26BN3O2/c1-16(2)17(3,4)23-18(22-16)13-10-14(15(19)20-11-13)12-6-8-21(5)9-7-12/h6,10-11H,7-9H2,1-5H3,(H2,19,20). The number of likely N-dealkylation sites (N-methyl/N-ethyl adjacent to an activating group) is 1. The Morgan fingerprint density at radius 1 is 1.22 bits per heavy atom. The molecule has 1 aromatic rings. The van der Waals surface area contributed by atoms with Gasteiger partial charge in [-0.15, -0.1) is 0 Å². The molecule has 5 nitrogen and oxygen atoms in total. The molecule has 124 valence electrons. The van der Waals surface area contributed by atoms with Crippen LogP contribution in [-0.4, -0.2) is 48.3 Å². The summed E-state index contributed by atoms with van der Waals surface area (Å²) in [5.74, 6) is 0.570. The third-order valence-corrected chi connectivity index (χ3v) is 5.22. The van der Waals surface area contributed by atoms with E-state index in [-0.39, 0.29) is 11.2 Å². The first-order valence-electron chi connectivity index (χ1n) is 8.18. The van der Waals surface area contributed by atoms with Gasteiger partial charge in [-0.25, -0.2) is 4.98 Å². The molecule has 2 aliphatic rings. The molecule has 3 heterocycles. The van der Waals surface area contributed by atoms with Crippen molar-refractivity contribution in [2.24, 2.45) is 0 Å². The van der Waals surface area contributed by atoms with Crippen molar-refractivity contribution in [3.05, 3.63) is 23.9 Å². The number of hydrogen-bond acceptors (Lipinski definition) is 5. The van der Waals surface area contributed by atoms with Gasteiger partial charge >= 0.3 is 7.12 Å². The SMILES string of the molecule is CN1CC=C(c2cc(B3OC(C)(C)C(C)(C)O3)cnc2N)CC1. The highest BCUT2D eigenvalue weighted by molar-refractivity contribution is 6.62. The van der Waals surface area contributed by atoms with Gasteiger partial charge in [-0.05, 0) is 52.8 Å². The molecular weight excluding hydrogens is 289 g/mol. The van der Waals surface area contributed by atoms with Crippen LogP contribution in [0.3, 0.4) is 0 Å². The maximum atomic E-state index is 6.12. The van der Waals surface area contributed by atoms with E-state index in [0.717, 1.165) is 30.5 Å². The molecule has 0 aromatic carbocycles. The van der Waals surface area contributed by atoms with Gasteiger partial charge in [-0.2, -0.15) is 0 Å². The van der Waals surface area contributed by atoms with Crippen LogP contribution >= 0.6 is 0 Å². The zero-order chi connectivity index (χ0) is 16.8. The van der Waals surface area contributed by atoms with Crippen LogP contribution < -0.4 is 11.2 Å². The van der Waals surface area contributed by atoms with Crippen molar-refractivity contribution in [3.63, 3.8) is 0 Å². The average Bonchev–Trinajstić information content (AvgIpc) is 2.69. The lowest BCUT2D eigenvalue weighted by Gasteiger charge is -2.32. The van der Waals surface area contributed by atoms with Crippen LogP contribution in [0.15, 0.2) is 18.3 Å². The number of nitrogen functional groups attached to an aromatic ring is 1. The van der Waals surface area contributed by atoms with Gasteiger partial charge in [-0.1, -0.05) is 6.08 Å². The third kappa shape index (κ3) is 3.03. The van der Waals surface area contributed by atoms with Crippen molar-refractivity contribution in [3.8, 4) is 0 Å². The molecule has 0 radical (unpaired) electrons. The molecule has 0 saturated carbocycles. The van der Waals surface area contributed by atoms with Gasteiger partial charge in [-0.3, -0.25) is 0 Å². The Labute approximate surface area is 139 Å². The Balaban J connectivity index is 1.90. The Morgan fingerprint density at radius 3 is 2.43 bits per heavy atom. The maximum absolute atomic E-state index is 6.12. The maximum Gasteiger partial charge on any atom is 0.496 e. The van der Waals surface area contributed by atoms with Crippen LogP contribution in [0.1, 0.15) is 39.7 Å². The molecule has 1 saturated heterocycles. The van der Waals surface area contributed by atoms with Crippen molar-refractivity contribution >= 4 is 24.0 Å². The van der Waals surface area contributed by atoms with E-state index < -0.39 is 7.12 Å². The smallest absolute Gasteiger partial charge is 0.399 e. The summed E-state index contributed by atoms with van der Waals surface area (Å²) in [6.45, 7) is 10.2. The van der Waals surface area contributed by atoms with Gasteiger partial charge in [0.25, 0.3) is 0 Å². The molecule has 1 aromatic heterocycles. The van der Waals surface area contributed by atoms with Gasteiger partial charge in [0.15, 0.2) is 0 Å². The molecule has 0 spiro atoms. The average molecular weight is 315 g/mol. The minimum absolute atomic E-state index is 0.355. The normalized spacial score (nSPS) is 23.9. The molecule has 1 fully saturated rings. The molecule has 0 atom stereocenters. The van der Waals surface area contributed by atoms with Crippen molar-refractivity contribution in [1.29, 1.82) is 0 Å². The van der Waals surface area contributed by atoms with Crippen LogP contribution in [-0.2, 0) is 9.31 Å². The Hall–Kier alpha value is -1.37. The second-order valence-electron chi connectivity index (χ2n) is 7.53. The lowest BCUT2D eigenvalue weighted by Crippen LogP contribution is -2.41. The summed E-state index contributed by atoms with van der Waals surface area (Å²) < 4.78 is 12.2. The van der Waals surface area contributed by atoms with E-state index >= 15 is 0 Å². The molecule has 6 heteroatoms. The lowest BCUT2D eigenvalue weighted by atomic mass is 9.79. The second-order valence-corrected chi connectivity index (χ2v) is 7.53. The van der Waals surface area contributed by atoms with Crippen molar-refractivity contribution in [1.82, 2.24) is 9.88 Å². The predicted molar refractivity (Wildman–Crippen MR) is 94.5 cm³/mol. The van der Waals surface area contributed by atoms with Crippen molar-refractivity contribution in [2.75, 3.05) is 25.9 Å². The Morgan fingerprint density at radius 2 is 1.87 bits per heavy atom. The molecule has 0 amide bonds. The summed E-state index contributed by atoms with van der Waals surface area (Å²) in [6.07, 6.45) is 4.97. The Bertz CT molecular complexity index is 627. The van der Waals surface area contributed by atoms with Crippen LogP contribution in [0.4, 0.5) is 5.82 Å². The van der Waals surface area contributed by atoms with E-state index in [2.05, 4.69) is 56.8 Å². The fourth-order valence-electron chi connectivity index (χ4n) is 2.87. The van der Waals surface area contributed by atoms with E-state index in [9.17, 15) is 0 Å². The van der Waals surface area contributed by atoms with Gasteiger partial charge < -0.3 is 19.9 Å². The number of aromatic nitrogens is 1. The summed E-state index contributed by atoms with van der Waals surface area (Å²) in [5, 5.41) is 0.